The Kier molecular flexibility index (Phi) is 7.64. The van der Waals surface area contributed by atoms with Gasteiger partial charge in [-0.1, -0.05) is 53.5 Å². The molecule has 0 atom stereocenters. The van der Waals surface area contributed by atoms with Crippen LogP contribution in [-0.4, -0.2) is 11.7 Å². The number of anilines is 1. The van der Waals surface area contributed by atoms with E-state index < -0.39 is 22.9 Å². The van der Waals surface area contributed by atoms with E-state index in [2.05, 4.69) is 5.32 Å². The average molecular weight is 506 g/mol. The SMILES string of the molecule is CC(=O)C(F)(F)c1ccc(CC(=O)Nc2ccc(OC(C)(C)c3ccc(Cl)cc3Cl)cc2)cc1. The Morgan fingerprint density at radius 1 is 0.941 bits per heavy atom. The number of alkyl halides is 2. The lowest BCUT2D eigenvalue weighted by atomic mass is 9.98. The molecular weight excluding hydrogens is 483 g/mol. The smallest absolute Gasteiger partial charge is 0.330 e. The van der Waals surface area contributed by atoms with Crippen LogP contribution < -0.4 is 10.1 Å². The zero-order valence-corrected chi connectivity index (χ0v) is 20.3. The number of amides is 1. The molecule has 0 saturated carbocycles. The molecule has 0 saturated heterocycles. The lowest BCUT2D eigenvalue weighted by Crippen LogP contribution is -2.25. The number of carbonyl (C=O) groups excluding carboxylic acids is 2. The van der Waals surface area contributed by atoms with Crippen LogP contribution in [-0.2, 0) is 27.5 Å². The summed E-state index contributed by atoms with van der Waals surface area (Å²) in [4.78, 5) is 23.5. The summed E-state index contributed by atoms with van der Waals surface area (Å²) >= 11 is 12.3. The van der Waals surface area contributed by atoms with Gasteiger partial charge in [-0.3, -0.25) is 9.59 Å². The van der Waals surface area contributed by atoms with E-state index in [1.54, 1.807) is 36.4 Å². The van der Waals surface area contributed by atoms with E-state index in [1.807, 2.05) is 19.9 Å². The van der Waals surface area contributed by atoms with E-state index >= 15 is 0 Å². The number of carbonyl (C=O) groups is 2. The molecular formula is C26H23Cl2F2NO3. The largest absolute Gasteiger partial charge is 0.483 e. The van der Waals surface area contributed by atoms with Crippen LogP contribution in [0.1, 0.15) is 37.5 Å². The third kappa shape index (κ3) is 6.13. The maximum atomic E-state index is 13.8. The van der Waals surface area contributed by atoms with Crippen LogP contribution >= 0.6 is 23.2 Å². The first-order chi connectivity index (χ1) is 15.9. The topological polar surface area (TPSA) is 55.4 Å². The molecule has 0 aliphatic carbocycles. The highest BCUT2D eigenvalue weighted by Crippen LogP contribution is 2.34. The zero-order valence-electron chi connectivity index (χ0n) is 18.8. The highest BCUT2D eigenvalue weighted by atomic mass is 35.5. The van der Waals surface area contributed by atoms with Crippen molar-refractivity contribution in [1.82, 2.24) is 0 Å². The van der Waals surface area contributed by atoms with Crippen LogP contribution in [0.15, 0.2) is 66.7 Å². The van der Waals surface area contributed by atoms with Crippen LogP contribution in [0.5, 0.6) is 5.75 Å². The van der Waals surface area contributed by atoms with E-state index in [4.69, 9.17) is 27.9 Å². The van der Waals surface area contributed by atoms with Gasteiger partial charge in [0.25, 0.3) is 0 Å². The third-order valence-electron chi connectivity index (χ3n) is 5.21. The number of halogens is 4. The summed E-state index contributed by atoms with van der Waals surface area (Å²) in [6.07, 6.45) is -0.00767. The molecule has 1 N–H and O–H groups in total. The maximum Gasteiger partial charge on any atom is 0.330 e. The summed E-state index contributed by atoms with van der Waals surface area (Å²) in [6.45, 7) is 4.61. The van der Waals surface area contributed by atoms with Crippen molar-refractivity contribution in [3.63, 3.8) is 0 Å². The van der Waals surface area contributed by atoms with Gasteiger partial charge in [0.1, 0.15) is 11.4 Å². The summed E-state index contributed by atoms with van der Waals surface area (Å²) in [6, 6.07) is 17.2. The third-order valence-corrected chi connectivity index (χ3v) is 5.76. The Labute approximate surface area is 206 Å². The highest BCUT2D eigenvalue weighted by Gasteiger charge is 2.37. The Bertz CT molecular complexity index is 1190. The Morgan fingerprint density at radius 2 is 1.56 bits per heavy atom. The number of nitrogens with one attached hydrogen (secondary N) is 1. The summed E-state index contributed by atoms with van der Waals surface area (Å²) in [5, 5.41) is 3.79. The Morgan fingerprint density at radius 3 is 2.12 bits per heavy atom. The highest BCUT2D eigenvalue weighted by molar-refractivity contribution is 6.35. The minimum absolute atomic E-state index is 0.00767. The van der Waals surface area contributed by atoms with Gasteiger partial charge in [-0.05, 0) is 55.8 Å². The van der Waals surface area contributed by atoms with Gasteiger partial charge in [0, 0.05) is 33.8 Å². The fourth-order valence-corrected chi connectivity index (χ4v) is 4.00. The summed E-state index contributed by atoms with van der Waals surface area (Å²) in [5.41, 5.74) is 0.754. The van der Waals surface area contributed by atoms with Crippen LogP contribution in [0.3, 0.4) is 0 Å². The summed E-state index contributed by atoms with van der Waals surface area (Å²) < 4.78 is 33.6. The lowest BCUT2D eigenvalue weighted by molar-refractivity contribution is -0.141. The first-order valence-electron chi connectivity index (χ1n) is 10.4. The van der Waals surface area contributed by atoms with Gasteiger partial charge in [-0.15, -0.1) is 0 Å². The molecule has 4 nitrogen and oxygen atoms in total. The minimum atomic E-state index is -3.54. The average Bonchev–Trinajstić information content (AvgIpc) is 2.75. The van der Waals surface area contributed by atoms with Crippen LogP contribution in [0.2, 0.25) is 10.0 Å². The molecule has 0 spiro atoms. The van der Waals surface area contributed by atoms with Gasteiger partial charge in [0.15, 0.2) is 0 Å². The molecule has 0 bridgehead atoms. The van der Waals surface area contributed by atoms with Gasteiger partial charge < -0.3 is 10.1 Å². The summed E-state index contributed by atoms with van der Waals surface area (Å²) in [5.74, 6) is -4.51. The maximum absolute atomic E-state index is 13.8. The molecule has 178 valence electrons. The predicted octanol–water partition coefficient (Wildman–Crippen LogP) is 7.17. The molecule has 3 aromatic carbocycles. The normalized spacial score (nSPS) is 11.7. The van der Waals surface area contributed by atoms with Gasteiger partial charge in [0.05, 0.1) is 6.42 Å². The van der Waals surface area contributed by atoms with E-state index in [9.17, 15) is 18.4 Å². The fourth-order valence-electron chi connectivity index (χ4n) is 3.36. The molecule has 0 aliphatic heterocycles. The zero-order chi connectivity index (χ0) is 25.1. The van der Waals surface area contributed by atoms with Crippen molar-refractivity contribution >= 4 is 40.6 Å². The predicted molar refractivity (Wildman–Crippen MR) is 130 cm³/mol. The second-order valence-electron chi connectivity index (χ2n) is 8.31. The standard InChI is InChI=1S/C26H23Cl2F2NO3/c1-16(32)26(29,30)18-6-4-17(5-7-18)14-24(33)31-20-9-11-21(12-10-20)34-25(2,3)22-13-8-19(27)15-23(22)28/h4-13,15H,14H2,1-3H3,(H,31,33). The van der Waals surface area contributed by atoms with Crippen molar-refractivity contribution in [2.75, 3.05) is 5.32 Å². The molecule has 3 aromatic rings. The molecule has 34 heavy (non-hydrogen) atoms. The van der Waals surface area contributed by atoms with Crippen LogP contribution in [0.4, 0.5) is 14.5 Å². The van der Waals surface area contributed by atoms with E-state index in [0.29, 0.717) is 27.0 Å². The molecule has 1 amide bonds. The molecule has 0 aromatic heterocycles. The molecule has 0 heterocycles. The van der Waals surface area contributed by atoms with Crippen molar-refractivity contribution in [2.24, 2.45) is 0 Å². The molecule has 8 heteroatoms. The second kappa shape index (κ2) is 10.1. The van der Waals surface area contributed by atoms with E-state index in [1.165, 1.54) is 12.1 Å². The van der Waals surface area contributed by atoms with Gasteiger partial charge in [-0.25, -0.2) is 0 Å². The van der Waals surface area contributed by atoms with Gasteiger partial charge in [0.2, 0.25) is 11.7 Å². The number of ketones is 1. The van der Waals surface area contributed by atoms with Crippen LogP contribution in [0.25, 0.3) is 0 Å². The molecule has 3 rings (SSSR count). The first-order valence-corrected chi connectivity index (χ1v) is 11.2. The van der Waals surface area contributed by atoms with E-state index in [-0.39, 0.29) is 12.3 Å². The quantitative estimate of drug-likeness (QED) is 0.353. The van der Waals surface area contributed by atoms with Crippen LogP contribution in [0, 0.1) is 0 Å². The van der Waals surface area contributed by atoms with Crippen molar-refractivity contribution in [1.29, 1.82) is 0 Å². The number of Topliss-reactive ketones (excluding diaryl/α,β-unsaturated/α-hetero) is 1. The number of hydrogen-bond donors (Lipinski definition) is 1. The van der Waals surface area contributed by atoms with Gasteiger partial charge >= 0.3 is 5.92 Å². The van der Waals surface area contributed by atoms with Crippen molar-refractivity contribution in [3.8, 4) is 5.75 Å². The number of rotatable bonds is 8. The molecule has 0 fully saturated rings. The fraction of sp³-hybridized carbons (Fsp3) is 0.231. The minimum Gasteiger partial charge on any atom is -0.483 e. The van der Waals surface area contributed by atoms with E-state index in [0.717, 1.165) is 24.6 Å². The molecule has 0 unspecified atom stereocenters. The lowest BCUT2D eigenvalue weighted by Gasteiger charge is -2.28. The monoisotopic (exact) mass is 505 g/mol. The number of ether oxygens (including phenoxy) is 1. The van der Waals surface area contributed by atoms with Gasteiger partial charge in [-0.2, -0.15) is 8.78 Å². The molecule has 0 radical (unpaired) electrons. The van der Waals surface area contributed by atoms with Crippen molar-refractivity contribution in [2.45, 2.75) is 38.7 Å². The Hall–Kier alpha value is -2.96. The van der Waals surface area contributed by atoms with Crippen molar-refractivity contribution in [3.05, 3.63) is 93.5 Å². The summed E-state index contributed by atoms with van der Waals surface area (Å²) in [7, 11) is 0. The number of hydrogen-bond acceptors (Lipinski definition) is 3. The Balaban J connectivity index is 1.61. The molecule has 0 aliphatic rings. The van der Waals surface area contributed by atoms with Crippen molar-refractivity contribution < 1.29 is 23.1 Å². The number of benzene rings is 3. The second-order valence-corrected chi connectivity index (χ2v) is 9.16. The first kappa shape index (κ1) is 25.7.